The summed E-state index contributed by atoms with van der Waals surface area (Å²) in [5, 5.41) is 2.86. The van der Waals surface area contributed by atoms with Crippen molar-refractivity contribution >= 4 is 23.8 Å². The standard InChI is InChI=1S/C28H41N3O9/c1-16-8-7-9-22(39-27(29)33)25(40-28(30)34)18(3)10-17(2)24(37-6)23(36-5)15-38-14-19-11-20(31-26(16)32)13-21(12-19)35-4/h8,10-13,17,22-25H,7,9,14-15H2,1-6H3,(H2,29,33)(H2,30,34)(H,31,32)/b16-8+,18-10+/t17-,22-,23-,24+,25-/m0/s1. The van der Waals surface area contributed by atoms with E-state index in [0.29, 0.717) is 29.0 Å². The van der Waals surface area contributed by atoms with E-state index in [2.05, 4.69) is 5.32 Å². The quantitative estimate of drug-likeness (QED) is 0.454. The number of carbonyl (C=O) groups is 3. The van der Waals surface area contributed by atoms with Crippen LogP contribution in [0, 0.1) is 5.92 Å². The molecule has 1 aromatic carbocycles. The smallest absolute Gasteiger partial charge is 0.405 e. The minimum atomic E-state index is -1.04. The van der Waals surface area contributed by atoms with Gasteiger partial charge in [0.25, 0.3) is 5.91 Å². The Bertz CT molecular complexity index is 1090. The van der Waals surface area contributed by atoms with Crippen LogP contribution in [0.3, 0.4) is 0 Å². The van der Waals surface area contributed by atoms with E-state index in [-0.39, 0.29) is 31.5 Å². The number of benzene rings is 1. The number of methoxy groups -OCH3 is 3. The normalized spacial score (nSPS) is 27.8. The van der Waals surface area contributed by atoms with Gasteiger partial charge >= 0.3 is 12.2 Å². The number of fused-ring (bicyclic) bond motifs is 2. The topological polar surface area (TPSA) is 171 Å². The molecular weight excluding hydrogens is 522 g/mol. The summed E-state index contributed by atoms with van der Waals surface area (Å²) in [6.45, 7) is 5.72. The maximum Gasteiger partial charge on any atom is 0.405 e. The number of ether oxygens (including phenoxy) is 6. The van der Waals surface area contributed by atoms with Crippen molar-refractivity contribution < 1.29 is 42.8 Å². The van der Waals surface area contributed by atoms with Gasteiger partial charge in [-0.05, 0) is 50.0 Å². The summed E-state index contributed by atoms with van der Waals surface area (Å²) in [6, 6.07) is 5.33. The second kappa shape index (κ2) is 15.8. The lowest BCUT2D eigenvalue weighted by Crippen LogP contribution is -2.40. The maximum absolute atomic E-state index is 12.9. The number of allylic oxidation sites excluding steroid dienone is 1. The van der Waals surface area contributed by atoms with E-state index in [9.17, 15) is 14.4 Å². The molecule has 0 aliphatic carbocycles. The highest BCUT2D eigenvalue weighted by molar-refractivity contribution is 6.03. The lowest BCUT2D eigenvalue weighted by Gasteiger charge is -2.30. The highest BCUT2D eigenvalue weighted by Crippen LogP contribution is 2.26. The van der Waals surface area contributed by atoms with Crippen LogP contribution in [0.5, 0.6) is 5.75 Å². The van der Waals surface area contributed by atoms with Gasteiger partial charge in [-0.15, -0.1) is 0 Å². The van der Waals surface area contributed by atoms with Crippen molar-refractivity contribution in [3.63, 3.8) is 0 Å². The number of hydrogen-bond acceptors (Lipinski definition) is 9. The summed E-state index contributed by atoms with van der Waals surface area (Å²) in [7, 11) is 4.66. The molecule has 2 bridgehead atoms. The number of carbonyl (C=O) groups excluding carboxylic acids is 3. The molecule has 1 heterocycles. The van der Waals surface area contributed by atoms with Gasteiger partial charge in [0.1, 0.15) is 18.0 Å². The van der Waals surface area contributed by atoms with Gasteiger partial charge in [-0.2, -0.15) is 0 Å². The molecule has 12 nitrogen and oxygen atoms in total. The van der Waals surface area contributed by atoms with E-state index in [1.54, 1.807) is 53.4 Å². The Hall–Kier alpha value is -3.61. The molecule has 0 spiro atoms. The van der Waals surface area contributed by atoms with Gasteiger partial charge < -0.3 is 45.2 Å². The Kier molecular flexibility index (Phi) is 12.9. The third-order valence-corrected chi connectivity index (χ3v) is 6.55. The van der Waals surface area contributed by atoms with Crippen LogP contribution in [-0.2, 0) is 35.1 Å². The van der Waals surface area contributed by atoms with E-state index in [0.717, 1.165) is 5.56 Å². The van der Waals surface area contributed by atoms with Gasteiger partial charge in [0, 0.05) is 37.5 Å². The lowest BCUT2D eigenvalue weighted by atomic mass is 9.93. The molecule has 12 heteroatoms. The summed E-state index contributed by atoms with van der Waals surface area (Å²) in [6.07, 6.45) is -0.961. The molecule has 222 valence electrons. The van der Waals surface area contributed by atoms with Gasteiger partial charge in [-0.25, -0.2) is 9.59 Å². The monoisotopic (exact) mass is 563 g/mol. The molecule has 2 rings (SSSR count). The van der Waals surface area contributed by atoms with E-state index in [4.69, 9.17) is 39.9 Å². The van der Waals surface area contributed by atoms with Gasteiger partial charge in [-0.3, -0.25) is 4.79 Å². The zero-order valence-corrected chi connectivity index (χ0v) is 23.9. The summed E-state index contributed by atoms with van der Waals surface area (Å²) in [4.78, 5) is 36.4. The second-order valence-corrected chi connectivity index (χ2v) is 9.58. The Balaban J connectivity index is 2.53. The van der Waals surface area contributed by atoms with Crippen molar-refractivity contribution in [1.82, 2.24) is 0 Å². The average Bonchev–Trinajstić information content (AvgIpc) is 2.89. The third-order valence-electron chi connectivity index (χ3n) is 6.55. The zero-order valence-electron chi connectivity index (χ0n) is 23.9. The molecule has 0 radical (unpaired) electrons. The highest BCUT2D eigenvalue weighted by atomic mass is 16.6. The zero-order chi connectivity index (χ0) is 29.8. The molecule has 0 unspecified atom stereocenters. The van der Waals surface area contributed by atoms with Crippen molar-refractivity contribution in [3.8, 4) is 5.75 Å². The first kappa shape index (κ1) is 32.6. The van der Waals surface area contributed by atoms with E-state index in [1.165, 1.54) is 0 Å². The Morgan fingerprint density at radius 3 is 2.30 bits per heavy atom. The maximum atomic E-state index is 12.9. The first-order chi connectivity index (χ1) is 19.0. The van der Waals surface area contributed by atoms with Crippen LogP contribution >= 0.6 is 0 Å². The van der Waals surface area contributed by atoms with Crippen LogP contribution in [0.1, 0.15) is 39.2 Å². The SMILES string of the molecule is COc1cc2cc(c1)NC(=O)/C(C)=C/CC[C@H](OC(N)=O)[C@@H](OC(N)=O)/C(C)=C/[C@H](C)[C@@H](OC)[C@@H](OC)COC2. The van der Waals surface area contributed by atoms with Gasteiger partial charge in [0.05, 0.1) is 26.4 Å². The predicted molar refractivity (Wildman–Crippen MR) is 148 cm³/mol. The van der Waals surface area contributed by atoms with Gasteiger partial charge in [-0.1, -0.05) is 19.1 Å². The fourth-order valence-electron chi connectivity index (χ4n) is 4.63. The van der Waals surface area contributed by atoms with Crippen LogP contribution in [-0.4, -0.2) is 70.4 Å². The van der Waals surface area contributed by atoms with Gasteiger partial charge in [0.2, 0.25) is 0 Å². The molecular formula is C28H41N3O9. The summed E-state index contributed by atoms with van der Waals surface area (Å²) >= 11 is 0. The van der Waals surface area contributed by atoms with Crippen molar-refractivity contribution in [2.75, 3.05) is 33.3 Å². The first-order valence-electron chi connectivity index (χ1n) is 12.9. The summed E-state index contributed by atoms with van der Waals surface area (Å²) < 4.78 is 33.5. The average molecular weight is 564 g/mol. The van der Waals surface area contributed by atoms with Crippen LogP contribution < -0.4 is 21.5 Å². The predicted octanol–water partition coefficient (Wildman–Crippen LogP) is 3.43. The number of anilines is 1. The van der Waals surface area contributed by atoms with Crippen molar-refractivity contribution in [2.24, 2.45) is 17.4 Å². The fourth-order valence-corrected chi connectivity index (χ4v) is 4.63. The van der Waals surface area contributed by atoms with E-state index >= 15 is 0 Å². The third kappa shape index (κ3) is 9.85. The number of nitrogens with two attached hydrogens (primary N) is 2. The number of rotatable bonds is 5. The van der Waals surface area contributed by atoms with Crippen LogP contribution in [0.25, 0.3) is 0 Å². The molecule has 5 N–H and O–H groups in total. The lowest BCUT2D eigenvalue weighted by molar-refractivity contribution is -0.112. The molecule has 0 saturated heterocycles. The minimum absolute atomic E-state index is 0.191. The van der Waals surface area contributed by atoms with E-state index < -0.39 is 36.6 Å². The molecule has 0 fully saturated rings. The summed E-state index contributed by atoms with van der Waals surface area (Å²) in [5.74, 6) is -0.0213. The van der Waals surface area contributed by atoms with E-state index in [1.807, 2.05) is 19.1 Å². The molecule has 0 aromatic heterocycles. The molecule has 5 atom stereocenters. The second-order valence-electron chi connectivity index (χ2n) is 9.58. The Morgan fingerprint density at radius 1 is 1.00 bits per heavy atom. The molecule has 1 aliphatic heterocycles. The molecule has 0 saturated carbocycles. The number of primary amides is 2. The van der Waals surface area contributed by atoms with Crippen LogP contribution in [0.15, 0.2) is 41.5 Å². The van der Waals surface area contributed by atoms with Crippen molar-refractivity contribution in [1.29, 1.82) is 0 Å². The Morgan fingerprint density at radius 2 is 1.70 bits per heavy atom. The number of hydrogen-bond donors (Lipinski definition) is 3. The minimum Gasteiger partial charge on any atom is -0.497 e. The molecule has 1 aromatic rings. The molecule has 1 aliphatic rings. The summed E-state index contributed by atoms with van der Waals surface area (Å²) in [5.41, 5.74) is 13.0. The Labute approximate surface area is 234 Å². The number of amides is 3. The fraction of sp³-hybridized carbons (Fsp3) is 0.536. The molecule has 40 heavy (non-hydrogen) atoms. The van der Waals surface area contributed by atoms with Crippen molar-refractivity contribution in [2.45, 2.75) is 64.6 Å². The highest BCUT2D eigenvalue weighted by Gasteiger charge is 2.32. The first-order valence-corrected chi connectivity index (χ1v) is 12.9. The van der Waals surface area contributed by atoms with Crippen LogP contribution in [0.2, 0.25) is 0 Å². The molecule has 3 amide bonds. The van der Waals surface area contributed by atoms with Crippen molar-refractivity contribution in [3.05, 3.63) is 47.1 Å². The van der Waals surface area contributed by atoms with Gasteiger partial charge in [0.15, 0.2) is 6.10 Å². The number of nitrogens with one attached hydrogen (secondary N) is 1. The van der Waals surface area contributed by atoms with Crippen LogP contribution in [0.4, 0.5) is 15.3 Å². The largest absolute Gasteiger partial charge is 0.497 e.